The smallest absolute Gasteiger partial charge is 0.172 e. The normalized spacial score (nSPS) is 27.5. The van der Waals surface area contributed by atoms with Gasteiger partial charge in [-0.2, -0.15) is 0 Å². The van der Waals surface area contributed by atoms with E-state index in [9.17, 15) is 0 Å². The highest BCUT2D eigenvalue weighted by atomic mass is 16.7. The van der Waals surface area contributed by atoms with Crippen LogP contribution in [-0.2, 0) is 14.2 Å². The zero-order valence-corrected chi connectivity index (χ0v) is 12.6. The minimum atomic E-state index is -0.160. The van der Waals surface area contributed by atoms with Gasteiger partial charge in [0.25, 0.3) is 0 Å². The third-order valence-electron chi connectivity index (χ3n) is 4.69. The first-order valence-electron chi connectivity index (χ1n) is 7.67. The second kappa shape index (κ2) is 7.02. The average molecular weight is 271 g/mol. The van der Waals surface area contributed by atoms with E-state index in [1.54, 1.807) is 14.2 Å². The van der Waals surface area contributed by atoms with Gasteiger partial charge in [0.05, 0.1) is 11.6 Å². The summed E-state index contributed by atoms with van der Waals surface area (Å²) in [7, 11) is 3.46. The van der Waals surface area contributed by atoms with Gasteiger partial charge >= 0.3 is 0 Å². The molecule has 1 spiro atoms. The van der Waals surface area contributed by atoms with Crippen LogP contribution in [0.1, 0.15) is 45.4 Å². The summed E-state index contributed by atoms with van der Waals surface area (Å²) in [6.45, 7) is 4.09. The molecule has 4 nitrogen and oxygen atoms in total. The van der Waals surface area contributed by atoms with Crippen LogP contribution in [0, 0.1) is 5.92 Å². The van der Waals surface area contributed by atoms with Crippen molar-refractivity contribution in [3.05, 3.63) is 0 Å². The Balaban J connectivity index is 1.99. The highest BCUT2D eigenvalue weighted by Gasteiger charge is 2.45. The molecule has 0 aromatic heterocycles. The molecule has 19 heavy (non-hydrogen) atoms. The summed E-state index contributed by atoms with van der Waals surface area (Å²) in [5, 5.41) is 3.62. The monoisotopic (exact) mass is 271 g/mol. The SMILES string of the molecule is CCCNC(C1CCOC2(CCC2)C1)C(OC)OC. The van der Waals surface area contributed by atoms with Crippen LogP contribution in [0.4, 0.5) is 0 Å². The number of hydrogen-bond acceptors (Lipinski definition) is 4. The lowest BCUT2D eigenvalue weighted by Crippen LogP contribution is -2.54. The molecule has 0 aromatic rings. The quantitative estimate of drug-likeness (QED) is 0.721. The van der Waals surface area contributed by atoms with Crippen molar-refractivity contribution in [2.24, 2.45) is 5.92 Å². The molecule has 1 saturated heterocycles. The topological polar surface area (TPSA) is 39.7 Å². The predicted molar refractivity (Wildman–Crippen MR) is 75.1 cm³/mol. The van der Waals surface area contributed by atoms with E-state index in [-0.39, 0.29) is 17.9 Å². The van der Waals surface area contributed by atoms with Gasteiger partial charge in [0.1, 0.15) is 0 Å². The maximum Gasteiger partial charge on any atom is 0.172 e. The minimum Gasteiger partial charge on any atom is -0.375 e. The van der Waals surface area contributed by atoms with Gasteiger partial charge in [-0.05, 0) is 51.0 Å². The molecule has 0 aromatic carbocycles. The fourth-order valence-electron chi connectivity index (χ4n) is 3.48. The zero-order valence-electron chi connectivity index (χ0n) is 12.6. The van der Waals surface area contributed by atoms with Crippen molar-refractivity contribution >= 4 is 0 Å². The van der Waals surface area contributed by atoms with E-state index in [4.69, 9.17) is 14.2 Å². The minimum absolute atomic E-state index is 0.160. The standard InChI is InChI=1S/C15H29NO3/c1-4-9-16-13(14(17-2)18-3)12-6-10-19-15(11-12)7-5-8-15/h12-14,16H,4-11H2,1-3H3. The number of hydrogen-bond donors (Lipinski definition) is 1. The van der Waals surface area contributed by atoms with Crippen LogP contribution >= 0.6 is 0 Å². The van der Waals surface area contributed by atoms with E-state index in [0.29, 0.717) is 5.92 Å². The van der Waals surface area contributed by atoms with E-state index < -0.39 is 0 Å². The van der Waals surface area contributed by atoms with Gasteiger partial charge in [-0.15, -0.1) is 0 Å². The first-order valence-corrected chi connectivity index (χ1v) is 7.67. The van der Waals surface area contributed by atoms with E-state index in [1.807, 2.05) is 0 Å². The van der Waals surface area contributed by atoms with Gasteiger partial charge in [0.15, 0.2) is 6.29 Å². The Kier molecular flexibility index (Phi) is 5.63. The first kappa shape index (κ1) is 15.2. The summed E-state index contributed by atoms with van der Waals surface area (Å²) in [4.78, 5) is 0. The summed E-state index contributed by atoms with van der Waals surface area (Å²) in [6, 6.07) is 0.274. The average Bonchev–Trinajstić information content (AvgIpc) is 2.42. The highest BCUT2D eigenvalue weighted by Crippen LogP contribution is 2.45. The van der Waals surface area contributed by atoms with Crippen LogP contribution in [0.15, 0.2) is 0 Å². The van der Waals surface area contributed by atoms with Gasteiger partial charge in [-0.3, -0.25) is 0 Å². The molecule has 0 radical (unpaired) electrons. The molecule has 1 saturated carbocycles. The molecular formula is C15H29NO3. The predicted octanol–water partition coefficient (Wildman–Crippen LogP) is 2.32. The molecule has 0 bridgehead atoms. The molecule has 1 heterocycles. The maximum atomic E-state index is 6.02. The fourth-order valence-corrected chi connectivity index (χ4v) is 3.48. The van der Waals surface area contributed by atoms with E-state index in [2.05, 4.69) is 12.2 Å². The summed E-state index contributed by atoms with van der Waals surface area (Å²) < 4.78 is 17.0. The Morgan fingerprint density at radius 3 is 2.58 bits per heavy atom. The fraction of sp³-hybridized carbons (Fsp3) is 1.00. The number of ether oxygens (including phenoxy) is 3. The number of nitrogens with one attached hydrogen (secondary N) is 1. The summed E-state index contributed by atoms with van der Waals surface area (Å²) in [5.41, 5.74) is 0.182. The maximum absolute atomic E-state index is 6.02. The van der Waals surface area contributed by atoms with E-state index in [1.165, 1.54) is 19.3 Å². The molecule has 1 N–H and O–H groups in total. The Morgan fingerprint density at radius 2 is 2.05 bits per heavy atom. The first-order chi connectivity index (χ1) is 9.24. The number of methoxy groups -OCH3 is 2. The van der Waals surface area contributed by atoms with Crippen molar-refractivity contribution in [1.29, 1.82) is 0 Å². The van der Waals surface area contributed by atoms with Crippen LogP contribution in [0.5, 0.6) is 0 Å². The van der Waals surface area contributed by atoms with Crippen molar-refractivity contribution in [3.63, 3.8) is 0 Å². The van der Waals surface area contributed by atoms with Crippen molar-refractivity contribution in [1.82, 2.24) is 5.32 Å². The van der Waals surface area contributed by atoms with Crippen molar-refractivity contribution in [3.8, 4) is 0 Å². The van der Waals surface area contributed by atoms with Crippen LogP contribution in [0.3, 0.4) is 0 Å². The van der Waals surface area contributed by atoms with Crippen LogP contribution in [0.25, 0.3) is 0 Å². The summed E-state index contributed by atoms with van der Waals surface area (Å²) in [5.74, 6) is 0.588. The molecule has 2 unspecified atom stereocenters. The number of rotatable bonds is 7. The molecule has 1 aliphatic carbocycles. The highest BCUT2D eigenvalue weighted by molar-refractivity contribution is 4.97. The molecule has 1 aliphatic heterocycles. The van der Waals surface area contributed by atoms with E-state index in [0.717, 1.165) is 32.4 Å². The Labute approximate surface area is 117 Å². The summed E-state index contributed by atoms with van der Waals surface area (Å²) in [6.07, 6.45) is 7.00. The lowest BCUT2D eigenvalue weighted by Gasteiger charge is -2.49. The van der Waals surface area contributed by atoms with Gasteiger partial charge in [-0.25, -0.2) is 0 Å². The van der Waals surface area contributed by atoms with Crippen LogP contribution < -0.4 is 5.32 Å². The second-order valence-electron chi connectivity index (χ2n) is 5.96. The largest absolute Gasteiger partial charge is 0.375 e. The van der Waals surface area contributed by atoms with Crippen molar-refractivity contribution < 1.29 is 14.2 Å². The lowest BCUT2D eigenvalue weighted by atomic mass is 9.70. The van der Waals surface area contributed by atoms with Gasteiger partial charge in [0, 0.05) is 20.8 Å². The third-order valence-corrected chi connectivity index (χ3v) is 4.69. The van der Waals surface area contributed by atoms with E-state index >= 15 is 0 Å². The molecule has 2 aliphatic rings. The van der Waals surface area contributed by atoms with Crippen molar-refractivity contribution in [2.45, 2.75) is 63.4 Å². The van der Waals surface area contributed by atoms with Gasteiger partial charge in [0.2, 0.25) is 0 Å². The molecular weight excluding hydrogens is 242 g/mol. The lowest BCUT2D eigenvalue weighted by molar-refractivity contribution is -0.176. The molecule has 2 rings (SSSR count). The van der Waals surface area contributed by atoms with Crippen LogP contribution in [0.2, 0.25) is 0 Å². The van der Waals surface area contributed by atoms with Gasteiger partial charge in [-0.1, -0.05) is 6.92 Å². The molecule has 112 valence electrons. The molecule has 4 heteroatoms. The second-order valence-corrected chi connectivity index (χ2v) is 5.96. The summed E-state index contributed by atoms with van der Waals surface area (Å²) >= 11 is 0. The third kappa shape index (κ3) is 3.48. The van der Waals surface area contributed by atoms with Crippen molar-refractivity contribution in [2.75, 3.05) is 27.4 Å². The zero-order chi connectivity index (χ0) is 13.7. The molecule has 2 atom stereocenters. The van der Waals surface area contributed by atoms with Gasteiger partial charge < -0.3 is 19.5 Å². The molecule has 2 fully saturated rings. The Morgan fingerprint density at radius 1 is 1.32 bits per heavy atom. The Hall–Kier alpha value is -0.160. The Bertz CT molecular complexity index is 264. The molecule has 0 amide bonds. The van der Waals surface area contributed by atoms with Crippen LogP contribution in [-0.4, -0.2) is 45.3 Å².